The maximum Gasteiger partial charge on any atom is 0.326 e. The topological polar surface area (TPSA) is 259 Å². The van der Waals surface area contributed by atoms with Crippen LogP contribution in [0, 0.1) is 17.8 Å². The SMILES string of the molecule is CC(C)CC(=O)C[C@@H](CCCCNC(=O)CCCCCNC(=O)CC[C@H](NC(=O)CCCCCCCCCCCCCCCCC(=O)O)C(=O)O)C(=O)C[C@@H](Cc1ccc(O)cc1)C(N)=O. The summed E-state index contributed by atoms with van der Waals surface area (Å²) in [5.41, 5.74) is 6.42. The van der Waals surface area contributed by atoms with Crippen molar-refractivity contribution in [2.45, 2.75) is 206 Å². The number of Topliss-reactive ketones (excluding diaryl/α,β-unsaturated/α-hetero) is 2. The smallest absolute Gasteiger partial charge is 0.326 e. The van der Waals surface area contributed by atoms with Crippen LogP contribution >= 0.6 is 0 Å². The van der Waals surface area contributed by atoms with Crippen molar-refractivity contribution >= 4 is 47.1 Å². The average Bonchev–Trinajstić information content (AvgIpc) is 3.25. The number of nitrogens with one attached hydrogen (secondary N) is 3. The molecule has 0 radical (unpaired) electrons. The zero-order valence-corrected chi connectivity index (χ0v) is 40.2. The number of phenolic OH excluding ortho intramolecular Hbond substituents is 1. The number of unbranched alkanes of at least 4 members (excludes halogenated alkanes) is 16. The van der Waals surface area contributed by atoms with E-state index < -0.39 is 35.7 Å². The Morgan fingerprint density at radius 1 is 0.530 bits per heavy atom. The summed E-state index contributed by atoms with van der Waals surface area (Å²) >= 11 is 0. The van der Waals surface area contributed by atoms with E-state index in [0.717, 1.165) is 44.1 Å². The maximum atomic E-state index is 13.4. The monoisotopic (exact) mass is 929 g/mol. The van der Waals surface area contributed by atoms with E-state index in [1.54, 1.807) is 12.1 Å². The Hall–Kier alpha value is -4.82. The predicted octanol–water partition coefficient (Wildman–Crippen LogP) is 8.26. The van der Waals surface area contributed by atoms with Crippen LogP contribution in [0.15, 0.2) is 24.3 Å². The van der Waals surface area contributed by atoms with Crippen molar-refractivity contribution in [1.82, 2.24) is 16.0 Å². The normalized spacial score (nSPS) is 12.5. The van der Waals surface area contributed by atoms with Crippen molar-refractivity contribution in [1.29, 1.82) is 0 Å². The van der Waals surface area contributed by atoms with E-state index in [9.17, 15) is 48.6 Å². The Kier molecular flexibility index (Phi) is 33.4. The van der Waals surface area contributed by atoms with Crippen molar-refractivity contribution in [3.8, 4) is 5.75 Å². The van der Waals surface area contributed by atoms with Gasteiger partial charge in [-0.1, -0.05) is 116 Å². The Bertz CT molecular complexity index is 1580. The molecule has 3 atom stereocenters. The van der Waals surface area contributed by atoms with Gasteiger partial charge in [0.05, 0.1) is 0 Å². The standard InChI is InChI=1S/C51H84N4O11/c1-38(2)34-43(57)36-40(45(58)37-41(50(52)64)35-39-26-28-42(56)29-27-39)22-19-21-33-53-46(59)23-17-15-20-32-54-47(60)31-30-44(51(65)66)55-48(61)24-16-13-11-9-7-5-3-4-6-8-10-12-14-18-25-49(62)63/h26-29,38,40-41,44,56H,3-25,30-37H2,1-2H3,(H2,52,64)(H,53,59)(H,54,60)(H,55,61)(H,62,63)(H,65,66)/t40-,41-,44+/m1/s1. The first-order valence-corrected chi connectivity index (χ1v) is 25.0. The number of rotatable bonds is 43. The molecule has 0 aromatic heterocycles. The number of amides is 4. The van der Waals surface area contributed by atoms with Crippen LogP contribution in [0.5, 0.6) is 5.75 Å². The Morgan fingerprint density at radius 2 is 1.00 bits per heavy atom. The van der Waals surface area contributed by atoms with Gasteiger partial charge in [-0.25, -0.2) is 4.79 Å². The van der Waals surface area contributed by atoms with Gasteiger partial charge in [-0.3, -0.25) is 33.6 Å². The van der Waals surface area contributed by atoms with Crippen LogP contribution in [-0.2, 0) is 44.8 Å². The molecule has 0 heterocycles. The molecule has 0 aliphatic rings. The third-order valence-electron chi connectivity index (χ3n) is 11.9. The maximum absolute atomic E-state index is 13.4. The third-order valence-corrected chi connectivity index (χ3v) is 11.9. The molecule has 0 saturated carbocycles. The zero-order valence-electron chi connectivity index (χ0n) is 40.2. The number of nitrogens with two attached hydrogens (primary N) is 1. The molecule has 0 bridgehead atoms. The molecule has 0 aliphatic carbocycles. The number of phenols is 1. The van der Waals surface area contributed by atoms with E-state index in [1.807, 2.05) is 13.8 Å². The molecular formula is C51H84N4O11. The fourth-order valence-electron chi connectivity index (χ4n) is 8.01. The molecule has 0 saturated heterocycles. The van der Waals surface area contributed by atoms with Crippen LogP contribution < -0.4 is 21.7 Å². The van der Waals surface area contributed by atoms with Crippen LogP contribution in [-0.4, -0.2) is 81.6 Å². The van der Waals surface area contributed by atoms with Crippen LogP contribution in [0.2, 0.25) is 0 Å². The van der Waals surface area contributed by atoms with Gasteiger partial charge in [-0.05, 0) is 75.0 Å². The van der Waals surface area contributed by atoms with E-state index in [2.05, 4.69) is 16.0 Å². The van der Waals surface area contributed by atoms with E-state index in [0.29, 0.717) is 70.9 Å². The van der Waals surface area contributed by atoms with Crippen LogP contribution in [0.3, 0.4) is 0 Å². The Labute approximate surface area is 394 Å². The molecule has 1 rings (SSSR count). The van der Waals surface area contributed by atoms with Gasteiger partial charge in [0.15, 0.2) is 0 Å². The lowest BCUT2D eigenvalue weighted by molar-refractivity contribution is -0.142. The molecule has 0 spiro atoms. The highest BCUT2D eigenvalue weighted by Gasteiger charge is 2.27. The second kappa shape index (κ2) is 37.3. The predicted molar refractivity (Wildman–Crippen MR) is 255 cm³/mol. The Morgan fingerprint density at radius 3 is 1.50 bits per heavy atom. The molecule has 374 valence electrons. The highest BCUT2D eigenvalue weighted by molar-refractivity contribution is 5.91. The highest BCUT2D eigenvalue weighted by Crippen LogP contribution is 2.23. The van der Waals surface area contributed by atoms with E-state index in [4.69, 9.17) is 10.8 Å². The fraction of sp³-hybridized carbons (Fsp3) is 0.725. The molecule has 0 aliphatic heterocycles. The number of ketones is 2. The van der Waals surface area contributed by atoms with Crippen molar-refractivity contribution < 1.29 is 53.7 Å². The van der Waals surface area contributed by atoms with Crippen LogP contribution in [0.25, 0.3) is 0 Å². The molecule has 15 heteroatoms. The zero-order chi connectivity index (χ0) is 49.0. The summed E-state index contributed by atoms with van der Waals surface area (Å²) in [5, 5.41) is 36.1. The van der Waals surface area contributed by atoms with Gasteiger partial charge in [0.1, 0.15) is 23.4 Å². The molecule has 1 aromatic rings. The quantitative estimate of drug-likeness (QED) is 0.0307. The van der Waals surface area contributed by atoms with Gasteiger partial charge >= 0.3 is 11.9 Å². The number of carboxylic acid groups (broad SMARTS) is 2. The first-order chi connectivity index (χ1) is 31.6. The molecule has 0 unspecified atom stereocenters. The largest absolute Gasteiger partial charge is 0.508 e. The number of carboxylic acids is 2. The molecule has 4 amide bonds. The number of aliphatic carboxylic acids is 2. The molecule has 15 nitrogen and oxygen atoms in total. The van der Waals surface area contributed by atoms with Crippen molar-refractivity contribution in [3.63, 3.8) is 0 Å². The van der Waals surface area contributed by atoms with Gasteiger partial charge in [0.2, 0.25) is 23.6 Å². The summed E-state index contributed by atoms with van der Waals surface area (Å²) in [4.78, 5) is 97.9. The van der Waals surface area contributed by atoms with Gasteiger partial charge in [0, 0.05) is 69.9 Å². The number of primary amides is 1. The van der Waals surface area contributed by atoms with Gasteiger partial charge in [-0.15, -0.1) is 0 Å². The summed E-state index contributed by atoms with van der Waals surface area (Å²) in [6.07, 6.45) is 20.1. The van der Waals surface area contributed by atoms with Crippen molar-refractivity contribution in [2.75, 3.05) is 13.1 Å². The first-order valence-electron chi connectivity index (χ1n) is 25.0. The first kappa shape index (κ1) is 59.2. The second-order valence-corrected chi connectivity index (χ2v) is 18.5. The number of hydrogen-bond acceptors (Lipinski definition) is 9. The van der Waals surface area contributed by atoms with Crippen LogP contribution in [0.1, 0.15) is 199 Å². The summed E-state index contributed by atoms with van der Waals surface area (Å²) in [7, 11) is 0. The number of hydrogen-bond donors (Lipinski definition) is 7. The van der Waals surface area contributed by atoms with Crippen molar-refractivity contribution in [3.05, 3.63) is 29.8 Å². The number of carbonyl (C=O) groups excluding carboxylic acids is 6. The Balaban J connectivity index is 2.20. The highest BCUT2D eigenvalue weighted by atomic mass is 16.4. The molecule has 8 N–H and O–H groups in total. The molecular weight excluding hydrogens is 845 g/mol. The summed E-state index contributed by atoms with van der Waals surface area (Å²) in [6, 6.07) is 5.24. The third kappa shape index (κ3) is 32.8. The minimum absolute atomic E-state index is 0.00313. The van der Waals surface area contributed by atoms with Crippen LogP contribution in [0.4, 0.5) is 0 Å². The van der Waals surface area contributed by atoms with E-state index in [1.165, 1.54) is 57.1 Å². The number of aromatic hydroxyl groups is 1. The summed E-state index contributed by atoms with van der Waals surface area (Å²) in [6.45, 7) is 4.69. The van der Waals surface area contributed by atoms with Gasteiger partial charge in [0.25, 0.3) is 0 Å². The molecule has 66 heavy (non-hydrogen) atoms. The van der Waals surface area contributed by atoms with Crippen molar-refractivity contribution in [2.24, 2.45) is 23.5 Å². The second-order valence-electron chi connectivity index (χ2n) is 18.5. The van der Waals surface area contributed by atoms with E-state index >= 15 is 0 Å². The fourth-order valence-corrected chi connectivity index (χ4v) is 8.01. The lowest BCUT2D eigenvalue weighted by Gasteiger charge is -2.19. The number of carbonyl (C=O) groups is 8. The summed E-state index contributed by atoms with van der Waals surface area (Å²) < 4.78 is 0. The lowest BCUT2D eigenvalue weighted by atomic mass is 9.84. The van der Waals surface area contributed by atoms with E-state index in [-0.39, 0.29) is 85.9 Å². The molecule has 0 fully saturated rings. The van der Waals surface area contributed by atoms with Gasteiger partial charge < -0.3 is 37.0 Å². The molecule has 1 aromatic carbocycles. The minimum atomic E-state index is -1.17. The van der Waals surface area contributed by atoms with Gasteiger partial charge in [-0.2, -0.15) is 0 Å². The summed E-state index contributed by atoms with van der Waals surface area (Å²) in [5.74, 6) is -4.43. The lowest BCUT2D eigenvalue weighted by Crippen LogP contribution is -2.41. The number of benzene rings is 1. The minimum Gasteiger partial charge on any atom is -0.508 e. The average molecular weight is 929 g/mol.